The van der Waals surface area contributed by atoms with Crippen LogP contribution in [0.5, 0.6) is 0 Å². The van der Waals surface area contributed by atoms with Crippen LogP contribution in [0, 0.1) is 0 Å². The summed E-state index contributed by atoms with van der Waals surface area (Å²) in [6.45, 7) is 0. The lowest BCUT2D eigenvalue weighted by Crippen LogP contribution is -2.12. The van der Waals surface area contributed by atoms with E-state index in [1.165, 1.54) is 11.1 Å². The maximum atomic E-state index is 5.53. The van der Waals surface area contributed by atoms with Crippen molar-refractivity contribution in [3.05, 3.63) is 71.8 Å². The Hall–Kier alpha value is -1.80. The van der Waals surface area contributed by atoms with E-state index in [1.807, 2.05) is 12.1 Å². The van der Waals surface area contributed by atoms with Gasteiger partial charge in [0, 0.05) is 19.3 Å². The van der Waals surface area contributed by atoms with Crippen LogP contribution in [0.1, 0.15) is 17.5 Å². The highest BCUT2D eigenvalue weighted by atomic mass is 35.5. The van der Waals surface area contributed by atoms with E-state index < -0.39 is 0 Å². The van der Waals surface area contributed by atoms with Crippen LogP contribution in [0.4, 0.5) is 0 Å². The number of benzene rings is 2. The number of nitrogens with zero attached hydrogens (tertiary/aromatic N) is 1. The molecule has 3 rings (SSSR count). The van der Waals surface area contributed by atoms with E-state index in [1.54, 1.807) is 0 Å². The number of hydrogen-bond acceptors (Lipinski definition) is 2. The van der Waals surface area contributed by atoms with Gasteiger partial charge in [-0.3, -0.25) is 0 Å². The minimum Gasteiger partial charge on any atom is -0.392 e. The molecule has 0 saturated heterocycles. The first-order valence-electron chi connectivity index (χ1n) is 6.69. The first kappa shape index (κ1) is 14.6. The lowest BCUT2D eigenvalue weighted by Gasteiger charge is -2.07. The van der Waals surface area contributed by atoms with E-state index in [-0.39, 0.29) is 18.5 Å². The molecule has 0 bridgehead atoms. The minimum absolute atomic E-state index is 0. The van der Waals surface area contributed by atoms with Gasteiger partial charge in [-0.15, -0.1) is 12.4 Å². The molecule has 1 aliphatic rings. The Kier molecular flexibility index (Phi) is 5.19. The molecule has 0 N–H and O–H groups in total. The summed E-state index contributed by atoms with van der Waals surface area (Å²) >= 11 is 0. The fourth-order valence-corrected chi connectivity index (χ4v) is 2.41. The Morgan fingerprint density at radius 2 is 1.50 bits per heavy atom. The molecule has 1 unspecified atom stereocenters. The van der Waals surface area contributed by atoms with Crippen molar-refractivity contribution in [1.82, 2.24) is 0 Å². The van der Waals surface area contributed by atoms with Crippen molar-refractivity contribution in [2.24, 2.45) is 5.16 Å². The molecular formula is C17H18ClNO. The first-order valence-corrected chi connectivity index (χ1v) is 6.69. The van der Waals surface area contributed by atoms with Gasteiger partial charge in [0.2, 0.25) is 0 Å². The van der Waals surface area contributed by atoms with E-state index in [4.69, 9.17) is 4.84 Å². The summed E-state index contributed by atoms with van der Waals surface area (Å²) in [5.41, 5.74) is 3.75. The van der Waals surface area contributed by atoms with Crippen molar-refractivity contribution in [3.63, 3.8) is 0 Å². The molecule has 0 aliphatic carbocycles. The maximum Gasteiger partial charge on any atom is 0.136 e. The third-order valence-electron chi connectivity index (χ3n) is 3.35. The molecule has 0 saturated carbocycles. The first-order chi connectivity index (χ1) is 9.40. The molecule has 20 heavy (non-hydrogen) atoms. The standard InChI is InChI=1S/C17H17NO.ClH/c1-3-7-14(8-4-1)11-16-13-17(19-18-16)12-15-9-5-2-6-10-15;/h1-10,17H,11-13H2;1H. The average Bonchev–Trinajstić information content (AvgIpc) is 2.88. The molecule has 2 aromatic carbocycles. The summed E-state index contributed by atoms with van der Waals surface area (Å²) < 4.78 is 0. The lowest BCUT2D eigenvalue weighted by molar-refractivity contribution is 0.0859. The molecule has 0 radical (unpaired) electrons. The number of oxime groups is 1. The van der Waals surface area contributed by atoms with E-state index in [9.17, 15) is 0 Å². The Morgan fingerprint density at radius 1 is 0.900 bits per heavy atom. The second kappa shape index (κ2) is 7.11. The zero-order valence-corrected chi connectivity index (χ0v) is 12.1. The lowest BCUT2D eigenvalue weighted by atomic mass is 10.0. The third-order valence-corrected chi connectivity index (χ3v) is 3.35. The van der Waals surface area contributed by atoms with Gasteiger partial charge in [0.25, 0.3) is 0 Å². The monoisotopic (exact) mass is 287 g/mol. The summed E-state index contributed by atoms with van der Waals surface area (Å²) in [6.07, 6.45) is 2.96. The average molecular weight is 288 g/mol. The fourth-order valence-electron chi connectivity index (χ4n) is 2.41. The summed E-state index contributed by atoms with van der Waals surface area (Å²) in [6, 6.07) is 20.9. The van der Waals surface area contributed by atoms with Gasteiger partial charge in [0.05, 0.1) is 5.71 Å². The molecule has 3 heteroatoms. The topological polar surface area (TPSA) is 21.6 Å². The molecule has 2 nitrogen and oxygen atoms in total. The highest BCUT2D eigenvalue weighted by molar-refractivity contribution is 5.87. The van der Waals surface area contributed by atoms with Crippen LogP contribution in [0.2, 0.25) is 0 Å². The van der Waals surface area contributed by atoms with Crippen LogP contribution in [0.3, 0.4) is 0 Å². The van der Waals surface area contributed by atoms with Gasteiger partial charge in [0.15, 0.2) is 0 Å². The normalized spacial score (nSPS) is 17.0. The molecule has 104 valence electrons. The van der Waals surface area contributed by atoms with E-state index >= 15 is 0 Å². The van der Waals surface area contributed by atoms with E-state index in [0.29, 0.717) is 0 Å². The molecule has 1 aliphatic heterocycles. The van der Waals surface area contributed by atoms with Gasteiger partial charge in [-0.1, -0.05) is 65.8 Å². The molecule has 0 fully saturated rings. The van der Waals surface area contributed by atoms with Crippen LogP contribution in [0.25, 0.3) is 0 Å². The second-order valence-electron chi connectivity index (χ2n) is 4.94. The van der Waals surface area contributed by atoms with Gasteiger partial charge in [-0.05, 0) is 11.1 Å². The van der Waals surface area contributed by atoms with Crippen LogP contribution < -0.4 is 0 Å². The number of rotatable bonds is 4. The predicted octanol–water partition coefficient (Wildman–Crippen LogP) is 4.04. The maximum absolute atomic E-state index is 5.53. The molecule has 0 spiro atoms. The Morgan fingerprint density at radius 3 is 2.15 bits per heavy atom. The summed E-state index contributed by atoms with van der Waals surface area (Å²) in [7, 11) is 0. The van der Waals surface area contributed by atoms with Gasteiger partial charge in [-0.25, -0.2) is 0 Å². The van der Waals surface area contributed by atoms with Crippen molar-refractivity contribution < 1.29 is 4.84 Å². The predicted molar refractivity (Wildman–Crippen MR) is 84.5 cm³/mol. The van der Waals surface area contributed by atoms with Gasteiger partial charge in [-0.2, -0.15) is 0 Å². The van der Waals surface area contributed by atoms with Crippen molar-refractivity contribution in [2.75, 3.05) is 0 Å². The largest absolute Gasteiger partial charge is 0.392 e. The molecule has 1 heterocycles. The van der Waals surface area contributed by atoms with Crippen molar-refractivity contribution >= 4 is 18.1 Å². The summed E-state index contributed by atoms with van der Waals surface area (Å²) in [4.78, 5) is 5.53. The zero-order chi connectivity index (χ0) is 12.9. The van der Waals surface area contributed by atoms with Gasteiger partial charge < -0.3 is 4.84 Å². The number of hydrogen-bond donors (Lipinski definition) is 0. The Balaban J connectivity index is 0.00000147. The highest BCUT2D eigenvalue weighted by Crippen LogP contribution is 2.18. The molecular weight excluding hydrogens is 270 g/mol. The smallest absolute Gasteiger partial charge is 0.136 e. The fraction of sp³-hybridized carbons (Fsp3) is 0.235. The number of halogens is 1. The van der Waals surface area contributed by atoms with Crippen LogP contribution in [0.15, 0.2) is 65.8 Å². The third kappa shape index (κ3) is 3.84. The SMILES string of the molecule is Cl.c1ccc(CC2=NOC(Cc3ccccc3)C2)cc1. The van der Waals surface area contributed by atoms with Crippen LogP contribution in [-0.4, -0.2) is 11.8 Å². The molecule has 0 amide bonds. The summed E-state index contributed by atoms with van der Waals surface area (Å²) in [5, 5.41) is 4.23. The van der Waals surface area contributed by atoms with Gasteiger partial charge >= 0.3 is 0 Å². The van der Waals surface area contributed by atoms with Crippen LogP contribution in [-0.2, 0) is 17.7 Å². The second-order valence-corrected chi connectivity index (χ2v) is 4.94. The highest BCUT2D eigenvalue weighted by Gasteiger charge is 2.21. The van der Waals surface area contributed by atoms with Crippen LogP contribution >= 0.6 is 12.4 Å². The van der Waals surface area contributed by atoms with Crippen molar-refractivity contribution in [2.45, 2.75) is 25.4 Å². The van der Waals surface area contributed by atoms with Crippen molar-refractivity contribution in [3.8, 4) is 0 Å². The Labute approximate surface area is 125 Å². The van der Waals surface area contributed by atoms with Gasteiger partial charge in [0.1, 0.15) is 6.10 Å². The minimum atomic E-state index is 0. The van der Waals surface area contributed by atoms with E-state index in [2.05, 4.69) is 53.7 Å². The molecule has 2 aromatic rings. The van der Waals surface area contributed by atoms with E-state index in [0.717, 1.165) is 25.0 Å². The van der Waals surface area contributed by atoms with Crippen molar-refractivity contribution in [1.29, 1.82) is 0 Å². The zero-order valence-electron chi connectivity index (χ0n) is 11.2. The molecule has 1 atom stereocenters. The summed E-state index contributed by atoms with van der Waals surface area (Å²) in [5.74, 6) is 0. The quantitative estimate of drug-likeness (QED) is 0.832. The Bertz CT molecular complexity index is 554. The molecule has 0 aromatic heterocycles.